The molecular weight excluding hydrogens is 254 g/mol. The van der Waals surface area contributed by atoms with Gasteiger partial charge in [0, 0.05) is 12.2 Å². The summed E-state index contributed by atoms with van der Waals surface area (Å²) in [5.41, 5.74) is 7.64. The van der Waals surface area contributed by atoms with Gasteiger partial charge in [0.2, 0.25) is 0 Å². The lowest BCUT2D eigenvalue weighted by molar-refractivity contribution is 0.116. The van der Waals surface area contributed by atoms with Crippen LogP contribution in [0, 0.1) is 0 Å². The number of benzene rings is 1. The van der Waals surface area contributed by atoms with Crippen molar-refractivity contribution in [2.45, 2.75) is 52.1 Å². The van der Waals surface area contributed by atoms with E-state index < -0.39 is 0 Å². The van der Waals surface area contributed by atoms with E-state index in [0.29, 0.717) is 11.6 Å². The van der Waals surface area contributed by atoms with Gasteiger partial charge in [-0.3, -0.25) is 0 Å². The molecule has 0 fully saturated rings. The van der Waals surface area contributed by atoms with Gasteiger partial charge in [-0.2, -0.15) is 0 Å². The molecule has 0 aliphatic heterocycles. The highest BCUT2D eigenvalue weighted by Gasteiger charge is 1.97. The number of thiocarbonyl (C=S) groups is 1. The van der Waals surface area contributed by atoms with Gasteiger partial charge in [0.25, 0.3) is 0 Å². The van der Waals surface area contributed by atoms with Gasteiger partial charge in [-0.1, -0.05) is 75.5 Å². The maximum atomic E-state index is 5.66. The van der Waals surface area contributed by atoms with E-state index >= 15 is 0 Å². The van der Waals surface area contributed by atoms with Crippen molar-refractivity contribution in [2.75, 3.05) is 6.61 Å². The minimum atomic E-state index is 0.444. The molecule has 0 saturated heterocycles. The summed E-state index contributed by atoms with van der Waals surface area (Å²) < 4.78 is 5.66. The number of ether oxygens (including phenoxy) is 1. The van der Waals surface area contributed by atoms with Gasteiger partial charge in [0.1, 0.15) is 4.99 Å². The van der Waals surface area contributed by atoms with E-state index in [9.17, 15) is 0 Å². The molecule has 0 amide bonds. The maximum Gasteiger partial charge on any atom is 0.103 e. The monoisotopic (exact) mass is 279 g/mol. The minimum Gasteiger partial charge on any atom is -0.389 e. The molecule has 106 valence electrons. The second-order valence-electron chi connectivity index (χ2n) is 4.88. The largest absolute Gasteiger partial charge is 0.389 e. The molecule has 0 saturated carbocycles. The summed E-state index contributed by atoms with van der Waals surface area (Å²) in [7, 11) is 0. The first-order valence-electron chi connectivity index (χ1n) is 7.20. The van der Waals surface area contributed by atoms with Crippen LogP contribution < -0.4 is 5.73 Å². The van der Waals surface area contributed by atoms with Crippen molar-refractivity contribution in [2.24, 2.45) is 5.73 Å². The first-order chi connectivity index (χ1) is 9.24. The van der Waals surface area contributed by atoms with Crippen LogP contribution >= 0.6 is 12.2 Å². The van der Waals surface area contributed by atoms with Crippen molar-refractivity contribution in [3.8, 4) is 0 Å². The van der Waals surface area contributed by atoms with E-state index in [1.807, 2.05) is 24.3 Å². The lowest BCUT2D eigenvalue weighted by Gasteiger charge is -2.05. The van der Waals surface area contributed by atoms with Crippen LogP contribution in [0.1, 0.15) is 56.6 Å². The molecule has 0 heterocycles. The summed E-state index contributed by atoms with van der Waals surface area (Å²) in [6, 6.07) is 7.95. The Balaban J connectivity index is 2.07. The van der Waals surface area contributed by atoms with Gasteiger partial charge in [-0.25, -0.2) is 0 Å². The fourth-order valence-corrected chi connectivity index (χ4v) is 2.08. The van der Waals surface area contributed by atoms with Crippen LogP contribution in [0.2, 0.25) is 0 Å². The molecular formula is C16H25NOS. The van der Waals surface area contributed by atoms with Crippen LogP contribution in [0.25, 0.3) is 0 Å². The predicted octanol–water partition coefficient (Wildman–Crippen LogP) is 4.20. The molecule has 3 heteroatoms. The molecule has 0 atom stereocenters. The smallest absolute Gasteiger partial charge is 0.103 e. The van der Waals surface area contributed by atoms with Crippen LogP contribution in [-0.4, -0.2) is 11.6 Å². The van der Waals surface area contributed by atoms with Crippen LogP contribution in [0.4, 0.5) is 0 Å². The molecule has 0 aromatic heterocycles. The molecule has 0 radical (unpaired) electrons. The average molecular weight is 279 g/mol. The van der Waals surface area contributed by atoms with Crippen molar-refractivity contribution in [1.29, 1.82) is 0 Å². The van der Waals surface area contributed by atoms with Crippen LogP contribution in [0.15, 0.2) is 24.3 Å². The highest BCUT2D eigenvalue weighted by atomic mass is 32.1. The van der Waals surface area contributed by atoms with Crippen LogP contribution in [-0.2, 0) is 11.3 Å². The lowest BCUT2D eigenvalue weighted by Crippen LogP contribution is -2.09. The topological polar surface area (TPSA) is 35.2 Å². The normalized spacial score (nSPS) is 10.6. The summed E-state index contributed by atoms with van der Waals surface area (Å²) in [6.45, 7) is 3.77. The summed E-state index contributed by atoms with van der Waals surface area (Å²) in [6.07, 6.45) is 7.79. The standard InChI is InChI=1S/C16H25NOS/c1-2-3-4-5-6-7-12-18-13-14-8-10-15(11-9-14)16(17)19/h8-11H,2-7,12-13H2,1H3,(H2,17,19). The number of unbranched alkanes of at least 4 members (excludes halogenated alkanes) is 5. The van der Waals surface area contributed by atoms with Crippen molar-refractivity contribution in [3.05, 3.63) is 35.4 Å². The molecule has 1 rings (SSSR count). The van der Waals surface area contributed by atoms with Gasteiger partial charge >= 0.3 is 0 Å². The first-order valence-corrected chi connectivity index (χ1v) is 7.61. The third-order valence-electron chi connectivity index (χ3n) is 3.15. The van der Waals surface area contributed by atoms with E-state index in [-0.39, 0.29) is 0 Å². The molecule has 0 unspecified atom stereocenters. The molecule has 0 bridgehead atoms. The Morgan fingerprint density at radius 3 is 2.32 bits per heavy atom. The van der Waals surface area contributed by atoms with Crippen LogP contribution in [0.5, 0.6) is 0 Å². The molecule has 19 heavy (non-hydrogen) atoms. The number of nitrogens with two attached hydrogens (primary N) is 1. The van der Waals surface area contributed by atoms with E-state index in [1.165, 1.54) is 37.7 Å². The summed E-state index contributed by atoms with van der Waals surface area (Å²) in [5, 5.41) is 0. The lowest BCUT2D eigenvalue weighted by atomic mass is 10.1. The van der Waals surface area contributed by atoms with Gasteiger partial charge < -0.3 is 10.5 Å². The van der Waals surface area contributed by atoms with Gasteiger partial charge in [-0.15, -0.1) is 0 Å². The SMILES string of the molecule is CCCCCCCCOCc1ccc(C(N)=S)cc1. The van der Waals surface area contributed by atoms with Crippen molar-refractivity contribution >= 4 is 17.2 Å². The van der Waals surface area contributed by atoms with E-state index in [1.54, 1.807) is 0 Å². The molecule has 2 nitrogen and oxygen atoms in total. The van der Waals surface area contributed by atoms with E-state index in [2.05, 4.69) is 6.92 Å². The second-order valence-corrected chi connectivity index (χ2v) is 5.32. The molecule has 0 spiro atoms. The number of hydrogen-bond acceptors (Lipinski definition) is 2. The van der Waals surface area contributed by atoms with Gasteiger partial charge in [-0.05, 0) is 12.0 Å². The Kier molecular flexibility index (Phi) is 8.43. The quantitative estimate of drug-likeness (QED) is 0.515. The Morgan fingerprint density at radius 2 is 1.68 bits per heavy atom. The highest BCUT2D eigenvalue weighted by molar-refractivity contribution is 7.80. The number of hydrogen-bond donors (Lipinski definition) is 1. The Labute approximate surface area is 122 Å². The Bertz CT molecular complexity index is 362. The summed E-state index contributed by atoms with van der Waals surface area (Å²) in [5.74, 6) is 0. The van der Waals surface area contributed by atoms with Crippen molar-refractivity contribution in [3.63, 3.8) is 0 Å². The zero-order valence-electron chi connectivity index (χ0n) is 11.9. The minimum absolute atomic E-state index is 0.444. The van der Waals surface area contributed by atoms with Gasteiger partial charge in [0.05, 0.1) is 6.61 Å². The maximum absolute atomic E-state index is 5.66. The van der Waals surface area contributed by atoms with Crippen LogP contribution in [0.3, 0.4) is 0 Å². The molecule has 2 N–H and O–H groups in total. The Hall–Kier alpha value is -0.930. The zero-order valence-corrected chi connectivity index (χ0v) is 12.7. The predicted molar refractivity (Wildman–Crippen MR) is 85.4 cm³/mol. The fourth-order valence-electron chi connectivity index (χ4n) is 1.94. The molecule has 0 aliphatic carbocycles. The van der Waals surface area contributed by atoms with E-state index in [4.69, 9.17) is 22.7 Å². The molecule has 0 aliphatic rings. The van der Waals surface area contributed by atoms with E-state index in [0.717, 1.165) is 18.6 Å². The third kappa shape index (κ3) is 7.28. The fraction of sp³-hybridized carbons (Fsp3) is 0.562. The summed E-state index contributed by atoms with van der Waals surface area (Å²) >= 11 is 4.92. The molecule has 1 aromatic rings. The van der Waals surface area contributed by atoms with Crippen molar-refractivity contribution in [1.82, 2.24) is 0 Å². The highest BCUT2D eigenvalue weighted by Crippen LogP contribution is 2.08. The second kappa shape index (κ2) is 9.93. The zero-order chi connectivity index (χ0) is 13.9. The first kappa shape index (κ1) is 16.1. The molecule has 1 aromatic carbocycles. The number of rotatable bonds is 10. The average Bonchev–Trinajstić information content (AvgIpc) is 2.42. The van der Waals surface area contributed by atoms with Gasteiger partial charge in [0.15, 0.2) is 0 Å². The summed E-state index contributed by atoms with van der Waals surface area (Å²) in [4.78, 5) is 0.444. The van der Waals surface area contributed by atoms with Crippen molar-refractivity contribution < 1.29 is 4.74 Å². The third-order valence-corrected chi connectivity index (χ3v) is 3.39. The Morgan fingerprint density at radius 1 is 1.05 bits per heavy atom.